The first-order chi connectivity index (χ1) is 12.7. The molecule has 1 amide bonds. The third kappa shape index (κ3) is 4.60. The van der Waals surface area contributed by atoms with Crippen LogP contribution in [0.15, 0.2) is 53.9 Å². The summed E-state index contributed by atoms with van der Waals surface area (Å²) in [6.07, 6.45) is 0. The molecule has 134 valence electrons. The summed E-state index contributed by atoms with van der Waals surface area (Å²) < 4.78 is 10.8. The topological polar surface area (TPSA) is 60.5 Å². The van der Waals surface area contributed by atoms with Crippen LogP contribution < -0.4 is 10.1 Å². The van der Waals surface area contributed by atoms with Crippen molar-refractivity contribution in [2.24, 2.45) is 0 Å². The van der Waals surface area contributed by atoms with Crippen LogP contribution in [0, 0.1) is 0 Å². The summed E-state index contributed by atoms with van der Waals surface area (Å²) in [4.78, 5) is 16.5. The van der Waals surface area contributed by atoms with Gasteiger partial charge in [0.15, 0.2) is 5.13 Å². The number of halogens is 1. The van der Waals surface area contributed by atoms with Gasteiger partial charge in [-0.15, -0.1) is 11.3 Å². The highest BCUT2D eigenvalue weighted by atomic mass is 35.5. The van der Waals surface area contributed by atoms with Gasteiger partial charge in [0.05, 0.1) is 19.4 Å². The van der Waals surface area contributed by atoms with E-state index in [1.165, 1.54) is 11.3 Å². The predicted molar refractivity (Wildman–Crippen MR) is 104 cm³/mol. The fraction of sp³-hybridized carbons (Fsp3) is 0.158. The van der Waals surface area contributed by atoms with Gasteiger partial charge in [-0.25, -0.2) is 4.98 Å². The van der Waals surface area contributed by atoms with Crippen LogP contribution in [-0.2, 0) is 16.1 Å². The van der Waals surface area contributed by atoms with Gasteiger partial charge in [-0.3, -0.25) is 10.1 Å². The Morgan fingerprint density at radius 1 is 1.19 bits per heavy atom. The lowest BCUT2D eigenvalue weighted by Crippen LogP contribution is -2.18. The highest BCUT2D eigenvalue weighted by Crippen LogP contribution is 2.31. The van der Waals surface area contributed by atoms with E-state index in [2.05, 4.69) is 10.3 Å². The summed E-state index contributed by atoms with van der Waals surface area (Å²) in [6, 6.07) is 15.0. The van der Waals surface area contributed by atoms with E-state index in [1.54, 1.807) is 13.2 Å². The van der Waals surface area contributed by atoms with Crippen LogP contribution >= 0.6 is 22.9 Å². The van der Waals surface area contributed by atoms with Gasteiger partial charge in [-0.05, 0) is 23.8 Å². The number of amides is 1. The van der Waals surface area contributed by atoms with Gasteiger partial charge in [-0.2, -0.15) is 0 Å². The molecule has 0 aliphatic heterocycles. The molecule has 1 N–H and O–H groups in total. The van der Waals surface area contributed by atoms with E-state index in [4.69, 9.17) is 21.1 Å². The largest absolute Gasteiger partial charge is 0.496 e. The molecule has 5 nitrogen and oxygen atoms in total. The first-order valence-electron chi connectivity index (χ1n) is 7.87. The first-order valence-corrected chi connectivity index (χ1v) is 9.13. The second-order valence-electron chi connectivity index (χ2n) is 5.37. The fourth-order valence-corrected chi connectivity index (χ4v) is 3.25. The van der Waals surface area contributed by atoms with Gasteiger partial charge in [-0.1, -0.05) is 41.9 Å². The van der Waals surface area contributed by atoms with Crippen molar-refractivity contribution in [2.45, 2.75) is 6.61 Å². The number of anilines is 1. The molecule has 0 saturated carbocycles. The zero-order chi connectivity index (χ0) is 18.4. The van der Waals surface area contributed by atoms with Crippen LogP contribution in [0.2, 0.25) is 5.02 Å². The third-order valence-corrected chi connectivity index (χ3v) is 4.71. The smallest absolute Gasteiger partial charge is 0.252 e. The lowest BCUT2D eigenvalue weighted by molar-refractivity contribution is -0.121. The highest BCUT2D eigenvalue weighted by Gasteiger charge is 2.11. The number of para-hydroxylation sites is 1. The maximum Gasteiger partial charge on any atom is 0.252 e. The van der Waals surface area contributed by atoms with Crippen molar-refractivity contribution in [1.29, 1.82) is 0 Å². The molecule has 0 aliphatic carbocycles. The minimum Gasteiger partial charge on any atom is -0.496 e. The van der Waals surface area contributed by atoms with Gasteiger partial charge >= 0.3 is 0 Å². The zero-order valence-electron chi connectivity index (χ0n) is 14.1. The van der Waals surface area contributed by atoms with Gasteiger partial charge in [0.1, 0.15) is 12.4 Å². The van der Waals surface area contributed by atoms with Crippen LogP contribution in [0.5, 0.6) is 5.75 Å². The van der Waals surface area contributed by atoms with E-state index in [9.17, 15) is 4.79 Å². The number of carbonyl (C=O) groups is 1. The summed E-state index contributed by atoms with van der Waals surface area (Å²) in [5, 5.41) is 5.74. The number of thiazole rings is 1. The fourth-order valence-electron chi connectivity index (χ4n) is 2.34. The van der Waals surface area contributed by atoms with E-state index in [0.717, 1.165) is 22.6 Å². The normalized spacial score (nSPS) is 10.5. The molecular weight excluding hydrogens is 372 g/mol. The van der Waals surface area contributed by atoms with Crippen molar-refractivity contribution in [3.63, 3.8) is 0 Å². The van der Waals surface area contributed by atoms with Crippen molar-refractivity contribution in [1.82, 2.24) is 4.98 Å². The molecule has 26 heavy (non-hydrogen) atoms. The van der Waals surface area contributed by atoms with E-state index in [-0.39, 0.29) is 19.1 Å². The van der Waals surface area contributed by atoms with E-state index in [0.29, 0.717) is 10.2 Å². The Kier molecular flexibility index (Phi) is 6.22. The van der Waals surface area contributed by atoms with Crippen LogP contribution in [0.1, 0.15) is 5.56 Å². The third-order valence-electron chi connectivity index (χ3n) is 3.58. The average molecular weight is 389 g/mol. The second-order valence-corrected chi connectivity index (χ2v) is 6.64. The molecule has 0 unspecified atom stereocenters. The molecule has 7 heteroatoms. The molecule has 0 aliphatic rings. The summed E-state index contributed by atoms with van der Waals surface area (Å²) in [5.74, 6) is 0.469. The molecule has 0 bridgehead atoms. The van der Waals surface area contributed by atoms with Crippen LogP contribution in [0.25, 0.3) is 11.3 Å². The molecule has 0 fully saturated rings. The SMILES string of the molecule is COc1ccccc1-c1csc(NC(=O)COCc2ccccc2Cl)n1. The Balaban J connectivity index is 1.55. The first kappa shape index (κ1) is 18.4. The number of benzene rings is 2. The van der Waals surface area contributed by atoms with Crippen molar-refractivity contribution < 1.29 is 14.3 Å². The van der Waals surface area contributed by atoms with E-state index in [1.807, 2.05) is 47.8 Å². The predicted octanol–water partition coefficient (Wildman–Crippen LogP) is 4.63. The summed E-state index contributed by atoms with van der Waals surface area (Å²) >= 11 is 7.40. The molecule has 1 aromatic heterocycles. The number of aromatic nitrogens is 1. The minimum absolute atomic E-state index is 0.0746. The molecule has 0 spiro atoms. The number of rotatable bonds is 7. The number of methoxy groups -OCH3 is 1. The van der Waals surface area contributed by atoms with Gasteiger partial charge < -0.3 is 9.47 Å². The Morgan fingerprint density at radius 3 is 2.77 bits per heavy atom. The zero-order valence-corrected chi connectivity index (χ0v) is 15.6. The summed E-state index contributed by atoms with van der Waals surface area (Å²) in [5.41, 5.74) is 2.47. The molecule has 2 aromatic carbocycles. The van der Waals surface area contributed by atoms with Crippen LogP contribution in [0.3, 0.4) is 0 Å². The number of nitrogens with zero attached hydrogens (tertiary/aromatic N) is 1. The maximum absolute atomic E-state index is 12.0. The lowest BCUT2D eigenvalue weighted by Gasteiger charge is -2.06. The van der Waals surface area contributed by atoms with E-state index < -0.39 is 0 Å². The monoisotopic (exact) mass is 388 g/mol. The highest BCUT2D eigenvalue weighted by molar-refractivity contribution is 7.14. The maximum atomic E-state index is 12.0. The Bertz CT molecular complexity index is 898. The minimum atomic E-state index is -0.266. The Hall–Kier alpha value is -2.41. The molecule has 3 rings (SSSR count). The molecule has 3 aromatic rings. The lowest BCUT2D eigenvalue weighted by atomic mass is 10.1. The van der Waals surface area contributed by atoms with Gasteiger partial charge in [0, 0.05) is 16.0 Å². The van der Waals surface area contributed by atoms with E-state index >= 15 is 0 Å². The van der Waals surface area contributed by atoms with Crippen molar-refractivity contribution in [3.05, 3.63) is 64.5 Å². The summed E-state index contributed by atoms with van der Waals surface area (Å²) in [7, 11) is 1.62. The Morgan fingerprint density at radius 2 is 1.96 bits per heavy atom. The van der Waals surface area contributed by atoms with Crippen molar-refractivity contribution in [2.75, 3.05) is 19.0 Å². The van der Waals surface area contributed by atoms with Crippen molar-refractivity contribution in [3.8, 4) is 17.0 Å². The molecular formula is C19H17ClN2O3S. The quantitative estimate of drug-likeness (QED) is 0.641. The van der Waals surface area contributed by atoms with Crippen molar-refractivity contribution >= 4 is 34.0 Å². The van der Waals surface area contributed by atoms with Crippen LogP contribution in [-0.4, -0.2) is 24.6 Å². The standard InChI is InChI=1S/C19H17ClN2O3S/c1-24-17-9-5-3-7-14(17)16-12-26-19(21-16)22-18(23)11-25-10-13-6-2-4-8-15(13)20/h2-9,12H,10-11H2,1H3,(H,21,22,23). The molecule has 0 radical (unpaired) electrons. The second kappa shape index (κ2) is 8.80. The number of carbonyl (C=O) groups excluding carboxylic acids is 1. The average Bonchev–Trinajstić information content (AvgIpc) is 3.11. The Labute approximate surface area is 160 Å². The van der Waals surface area contributed by atoms with Gasteiger partial charge in [0.25, 0.3) is 5.91 Å². The summed E-state index contributed by atoms with van der Waals surface area (Å²) in [6.45, 7) is 0.201. The number of hydrogen-bond donors (Lipinski definition) is 1. The molecule has 0 saturated heterocycles. The van der Waals surface area contributed by atoms with Crippen LogP contribution in [0.4, 0.5) is 5.13 Å². The molecule has 1 heterocycles. The number of hydrogen-bond acceptors (Lipinski definition) is 5. The number of ether oxygens (including phenoxy) is 2. The molecule has 0 atom stereocenters. The number of nitrogens with one attached hydrogen (secondary N) is 1. The van der Waals surface area contributed by atoms with Gasteiger partial charge in [0.2, 0.25) is 0 Å².